The van der Waals surface area contributed by atoms with Crippen molar-refractivity contribution >= 4 is 33.9 Å². The maximum Gasteiger partial charge on any atom is 0.471 e. The van der Waals surface area contributed by atoms with E-state index in [1.807, 2.05) is 0 Å². The Hall–Kier alpha value is -0.640. The summed E-state index contributed by atoms with van der Waals surface area (Å²) in [5, 5.41) is 3.27. The van der Waals surface area contributed by atoms with Gasteiger partial charge in [-0.3, -0.25) is 0 Å². The first-order chi connectivity index (χ1) is 6.97. The molecule has 3 nitrogen and oxygen atoms in total. The van der Waals surface area contributed by atoms with E-state index in [0.29, 0.717) is 4.88 Å². The van der Waals surface area contributed by atoms with Gasteiger partial charge >= 0.3 is 12.1 Å². The molecule has 2 aromatic rings. The topological polar surface area (TPSA) is 38.9 Å². The van der Waals surface area contributed by atoms with Crippen LogP contribution in [0.1, 0.15) is 5.89 Å². The van der Waals surface area contributed by atoms with E-state index < -0.39 is 12.1 Å². The molecule has 0 spiro atoms. The van der Waals surface area contributed by atoms with Crippen molar-refractivity contribution in [3.05, 3.63) is 20.9 Å². The maximum atomic E-state index is 12.1. The Morgan fingerprint density at radius 2 is 2.07 bits per heavy atom. The number of aromatic nitrogens is 2. The molecule has 0 aromatic carbocycles. The van der Waals surface area contributed by atoms with E-state index in [9.17, 15) is 13.2 Å². The Bertz CT molecular complexity index is 479. The van der Waals surface area contributed by atoms with Crippen LogP contribution in [-0.4, -0.2) is 10.1 Å². The smallest absolute Gasteiger partial charge is 0.329 e. The number of hydrogen-bond donors (Lipinski definition) is 0. The van der Waals surface area contributed by atoms with Crippen LogP contribution in [0.2, 0.25) is 0 Å². The van der Waals surface area contributed by atoms with E-state index in [0.717, 1.165) is 2.88 Å². The summed E-state index contributed by atoms with van der Waals surface area (Å²) in [6.07, 6.45) is -4.59. The summed E-state index contributed by atoms with van der Waals surface area (Å²) in [5.41, 5.74) is 0. The molecule has 0 aliphatic heterocycles. The summed E-state index contributed by atoms with van der Waals surface area (Å²) in [6, 6.07) is 3.42. The average molecular weight is 346 g/mol. The minimum Gasteiger partial charge on any atom is -0.329 e. The second-order valence-corrected chi connectivity index (χ2v) is 5.50. The van der Waals surface area contributed by atoms with Gasteiger partial charge in [0.05, 0.1) is 7.76 Å². The monoisotopic (exact) mass is 346 g/mol. The standard InChI is InChI=1S/C7H2F3IN2OS/c8-7(9,10)6-12-5(13-14-6)3-1-2-4(11)15-3/h1-2H. The second-order valence-electron chi connectivity index (χ2n) is 2.52. The van der Waals surface area contributed by atoms with Gasteiger partial charge in [0.25, 0.3) is 0 Å². The fourth-order valence-electron chi connectivity index (χ4n) is 0.873. The van der Waals surface area contributed by atoms with Crippen molar-refractivity contribution in [3.63, 3.8) is 0 Å². The zero-order valence-electron chi connectivity index (χ0n) is 6.88. The molecule has 2 aromatic heterocycles. The molecule has 0 radical (unpaired) electrons. The van der Waals surface area contributed by atoms with Gasteiger partial charge in [0.2, 0.25) is 5.82 Å². The molecule has 15 heavy (non-hydrogen) atoms. The zero-order chi connectivity index (χ0) is 11.1. The van der Waals surface area contributed by atoms with E-state index in [4.69, 9.17) is 0 Å². The van der Waals surface area contributed by atoms with Gasteiger partial charge in [-0.05, 0) is 34.7 Å². The first-order valence-corrected chi connectivity index (χ1v) is 5.53. The van der Waals surface area contributed by atoms with Gasteiger partial charge in [0.1, 0.15) is 0 Å². The summed E-state index contributed by atoms with van der Waals surface area (Å²) in [6.45, 7) is 0. The van der Waals surface area contributed by atoms with Crippen molar-refractivity contribution in [1.29, 1.82) is 0 Å². The highest BCUT2D eigenvalue weighted by molar-refractivity contribution is 14.1. The molecule has 2 rings (SSSR count). The fraction of sp³-hybridized carbons (Fsp3) is 0.143. The van der Waals surface area contributed by atoms with Gasteiger partial charge in [-0.25, -0.2) is 0 Å². The number of hydrogen-bond acceptors (Lipinski definition) is 4. The van der Waals surface area contributed by atoms with Crippen LogP contribution in [0.3, 0.4) is 0 Å². The lowest BCUT2D eigenvalue weighted by molar-refractivity contribution is -0.159. The summed E-state index contributed by atoms with van der Waals surface area (Å²) >= 11 is 3.36. The molecule has 0 aliphatic rings. The molecule has 80 valence electrons. The lowest BCUT2D eigenvalue weighted by Gasteiger charge is -1.95. The number of halogens is 4. The Morgan fingerprint density at radius 1 is 1.33 bits per heavy atom. The van der Waals surface area contributed by atoms with Crippen LogP contribution in [0.25, 0.3) is 10.7 Å². The van der Waals surface area contributed by atoms with Crippen LogP contribution >= 0.6 is 33.9 Å². The SMILES string of the molecule is FC(F)(F)c1nc(-c2ccc(I)s2)no1. The number of nitrogens with zero attached hydrogens (tertiary/aromatic N) is 2. The summed E-state index contributed by atoms with van der Waals surface area (Å²) < 4.78 is 41.4. The summed E-state index contributed by atoms with van der Waals surface area (Å²) in [4.78, 5) is 3.82. The van der Waals surface area contributed by atoms with Gasteiger partial charge in [-0.1, -0.05) is 5.16 Å². The molecule has 0 unspecified atom stereocenters. The summed E-state index contributed by atoms with van der Waals surface area (Å²) in [5.74, 6) is -1.35. The zero-order valence-corrected chi connectivity index (χ0v) is 9.85. The van der Waals surface area contributed by atoms with E-state index in [1.165, 1.54) is 11.3 Å². The van der Waals surface area contributed by atoms with Gasteiger partial charge < -0.3 is 4.52 Å². The lowest BCUT2D eigenvalue weighted by Crippen LogP contribution is -2.04. The molecule has 0 atom stereocenters. The highest BCUT2D eigenvalue weighted by atomic mass is 127. The van der Waals surface area contributed by atoms with Crippen molar-refractivity contribution in [3.8, 4) is 10.7 Å². The van der Waals surface area contributed by atoms with Gasteiger partial charge in [0, 0.05) is 0 Å². The molecule has 8 heteroatoms. The van der Waals surface area contributed by atoms with Crippen LogP contribution in [0.15, 0.2) is 16.7 Å². The van der Waals surface area contributed by atoms with Gasteiger partial charge in [-0.2, -0.15) is 18.2 Å². The van der Waals surface area contributed by atoms with E-state index in [2.05, 4.69) is 37.3 Å². The molecule has 0 fully saturated rings. The molecular weight excluding hydrogens is 344 g/mol. The molecule has 0 amide bonds. The highest BCUT2D eigenvalue weighted by Gasteiger charge is 2.38. The van der Waals surface area contributed by atoms with E-state index in [1.54, 1.807) is 12.1 Å². The van der Waals surface area contributed by atoms with Crippen LogP contribution in [0.5, 0.6) is 0 Å². The third-order valence-electron chi connectivity index (χ3n) is 1.46. The van der Waals surface area contributed by atoms with Crippen molar-refractivity contribution in [2.75, 3.05) is 0 Å². The lowest BCUT2D eigenvalue weighted by atomic mass is 10.4. The molecule has 0 aliphatic carbocycles. The van der Waals surface area contributed by atoms with Crippen LogP contribution in [0.4, 0.5) is 13.2 Å². The summed E-state index contributed by atoms with van der Waals surface area (Å²) in [7, 11) is 0. The first kappa shape index (κ1) is 10.9. The predicted molar refractivity (Wildman–Crippen MR) is 55.3 cm³/mol. The Balaban J connectivity index is 2.36. The molecule has 0 N–H and O–H groups in total. The predicted octanol–water partition coefficient (Wildman–Crippen LogP) is 3.42. The van der Waals surface area contributed by atoms with Crippen LogP contribution in [0, 0.1) is 2.88 Å². The molecule has 0 bridgehead atoms. The quantitative estimate of drug-likeness (QED) is 0.743. The molecular formula is C7H2F3IN2OS. The number of thiophene rings is 1. The van der Waals surface area contributed by atoms with Gasteiger partial charge in [-0.15, -0.1) is 11.3 Å². The van der Waals surface area contributed by atoms with Crippen molar-refractivity contribution in [2.24, 2.45) is 0 Å². The minimum absolute atomic E-state index is 0.0322. The Kier molecular flexibility index (Phi) is 2.71. The van der Waals surface area contributed by atoms with Crippen molar-refractivity contribution < 1.29 is 17.7 Å². The normalized spacial score (nSPS) is 12.0. The molecule has 0 saturated heterocycles. The third kappa shape index (κ3) is 2.30. The second kappa shape index (κ2) is 3.74. The van der Waals surface area contributed by atoms with E-state index in [-0.39, 0.29) is 5.82 Å². The third-order valence-corrected chi connectivity index (χ3v) is 3.35. The minimum atomic E-state index is -4.59. The van der Waals surface area contributed by atoms with Crippen LogP contribution < -0.4 is 0 Å². The van der Waals surface area contributed by atoms with Gasteiger partial charge in [0.15, 0.2) is 0 Å². The van der Waals surface area contributed by atoms with E-state index >= 15 is 0 Å². The molecule has 2 heterocycles. The van der Waals surface area contributed by atoms with Crippen molar-refractivity contribution in [1.82, 2.24) is 10.1 Å². The molecule has 0 saturated carbocycles. The number of rotatable bonds is 1. The first-order valence-electron chi connectivity index (χ1n) is 3.63. The van der Waals surface area contributed by atoms with Crippen molar-refractivity contribution in [2.45, 2.75) is 6.18 Å². The maximum absolute atomic E-state index is 12.1. The Labute approximate surface area is 99.4 Å². The Morgan fingerprint density at radius 3 is 2.53 bits per heavy atom. The fourth-order valence-corrected chi connectivity index (χ4v) is 2.42. The average Bonchev–Trinajstić information content (AvgIpc) is 2.69. The van der Waals surface area contributed by atoms with Crippen LogP contribution in [-0.2, 0) is 6.18 Å². The highest BCUT2D eigenvalue weighted by Crippen LogP contribution is 2.31. The largest absolute Gasteiger partial charge is 0.471 e. The number of alkyl halides is 3.